The Hall–Kier alpha value is -0.130. The van der Waals surface area contributed by atoms with Gasteiger partial charge in [-0.05, 0) is 12.1 Å². The van der Waals surface area contributed by atoms with E-state index in [9.17, 15) is 0 Å². The summed E-state index contributed by atoms with van der Waals surface area (Å²) in [5.41, 5.74) is 0. The summed E-state index contributed by atoms with van der Waals surface area (Å²) in [7, 11) is 0. The molecule has 0 spiro atoms. The Bertz CT molecular complexity index is 301. The van der Waals surface area contributed by atoms with Crippen LogP contribution in [0.15, 0.2) is 12.1 Å². The van der Waals surface area contributed by atoms with Gasteiger partial charge in [-0.3, -0.25) is 0 Å². The molecule has 0 saturated carbocycles. The van der Waals surface area contributed by atoms with Crippen molar-refractivity contribution in [3.8, 4) is 0 Å². The van der Waals surface area contributed by atoms with Crippen LogP contribution in [-0.4, -0.2) is 39.3 Å². The molecule has 3 nitrogen and oxygen atoms in total. The predicted octanol–water partition coefficient (Wildman–Crippen LogP) is 2.39. The summed E-state index contributed by atoms with van der Waals surface area (Å²) in [5, 5.41) is 12.1. The zero-order valence-corrected chi connectivity index (χ0v) is 10.5. The van der Waals surface area contributed by atoms with Crippen LogP contribution >= 0.6 is 35.1 Å². The van der Waals surface area contributed by atoms with Gasteiger partial charge in [-0.1, -0.05) is 11.6 Å². The van der Waals surface area contributed by atoms with Crippen LogP contribution in [-0.2, 0) is 0 Å². The molecule has 15 heavy (non-hydrogen) atoms. The Morgan fingerprint density at radius 2 is 2.33 bits per heavy atom. The van der Waals surface area contributed by atoms with Gasteiger partial charge in [-0.2, -0.15) is 23.5 Å². The first-order valence-electron chi connectivity index (χ1n) is 4.77. The van der Waals surface area contributed by atoms with E-state index in [-0.39, 0.29) is 0 Å². The third-order valence-corrected chi connectivity index (χ3v) is 5.07. The van der Waals surface area contributed by atoms with Crippen molar-refractivity contribution in [3.63, 3.8) is 0 Å². The fraction of sp³-hybridized carbons (Fsp3) is 0.556. The molecule has 2 rings (SSSR count). The Morgan fingerprint density at radius 3 is 3.00 bits per heavy atom. The number of anilines is 1. The molecular formula is C9H12ClN3S2. The Morgan fingerprint density at radius 1 is 1.40 bits per heavy atom. The first kappa shape index (κ1) is 11.4. The number of nitrogens with one attached hydrogen (secondary N) is 1. The Labute approximate surface area is 103 Å². The minimum atomic E-state index is 0.433. The molecule has 1 aliphatic heterocycles. The standard InChI is InChI=1S/C9H12ClN3S2/c10-8-1-2-9(13-12-8)11-5-7-6-14-3-4-15-7/h1-2,7H,3-6H2,(H,11,13). The van der Waals surface area contributed by atoms with Gasteiger partial charge in [0.1, 0.15) is 5.82 Å². The maximum atomic E-state index is 5.65. The molecule has 0 bridgehead atoms. The van der Waals surface area contributed by atoms with Crippen molar-refractivity contribution in [2.24, 2.45) is 0 Å². The van der Waals surface area contributed by atoms with Crippen molar-refractivity contribution >= 4 is 40.9 Å². The molecule has 0 amide bonds. The average molecular weight is 262 g/mol. The second-order valence-electron chi connectivity index (χ2n) is 3.19. The third-order valence-electron chi connectivity index (χ3n) is 2.03. The second-order valence-corrected chi connectivity index (χ2v) is 6.14. The van der Waals surface area contributed by atoms with Crippen LogP contribution in [0.1, 0.15) is 0 Å². The van der Waals surface area contributed by atoms with Gasteiger partial charge in [0, 0.05) is 29.1 Å². The van der Waals surface area contributed by atoms with Crippen molar-refractivity contribution in [2.45, 2.75) is 5.25 Å². The molecule has 0 radical (unpaired) electrons. The van der Waals surface area contributed by atoms with Gasteiger partial charge in [0.15, 0.2) is 5.15 Å². The van der Waals surface area contributed by atoms with Crippen molar-refractivity contribution in [1.29, 1.82) is 0 Å². The molecule has 1 unspecified atom stereocenters. The lowest BCUT2D eigenvalue weighted by molar-refractivity contribution is 0.960. The van der Waals surface area contributed by atoms with Crippen molar-refractivity contribution < 1.29 is 0 Å². The number of rotatable bonds is 3. The molecule has 1 saturated heterocycles. The fourth-order valence-electron chi connectivity index (χ4n) is 1.28. The highest BCUT2D eigenvalue weighted by Crippen LogP contribution is 2.23. The van der Waals surface area contributed by atoms with E-state index in [1.165, 1.54) is 17.3 Å². The highest BCUT2D eigenvalue weighted by Gasteiger charge is 2.13. The Kier molecular flexibility index (Phi) is 4.41. The van der Waals surface area contributed by atoms with Crippen LogP contribution in [0.25, 0.3) is 0 Å². The molecule has 1 aromatic heterocycles. The summed E-state index contributed by atoms with van der Waals surface area (Å²) in [6, 6.07) is 3.61. The van der Waals surface area contributed by atoms with Crippen LogP contribution in [0.5, 0.6) is 0 Å². The number of halogens is 1. The Balaban J connectivity index is 1.79. The minimum absolute atomic E-state index is 0.433. The molecule has 1 atom stereocenters. The predicted molar refractivity (Wildman–Crippen MR) is 69.1 cm³/mol. The van der Waals surface area contributed by atoms with Gasteiger partial charge in [0.05, 0.1) is 0 Å². The summed E-state index contributed by atoms with van der Waals surface area (Å²) < 4.78 is 0. The minimum Gasteiger partial charge on any atom is -0.367 e. The molecule has 6 heteroatoms. The molecule has 1 fully saturated rings. The van der Waals surface area contributed by atoms with Crippen LogP contribution in [0.4, 0.5) is 5.82 Å². The van der Waals surface area contributed by atoms with E-state index in [1.54, 1.807) is 6.07 Å². The molecule has 2 heterocycles. The normalized spacial score (nSPS) is 21.3. The molecule has 1 aromatic rings. The highest BCUT2D eigenvalue weighted by molar-refractivity contribution is 8.06. The number of hydrogen-bond donors (Lipinski definition) is 1. The van der Waals surface area contributed by atoms with E-state index < -0.39 is 0 Å². The average Bonchev–Trinajstić information content (AvgIpc) is 2.30. The van der Waals surface area contributed by atoms with Gasteiger partial charge < -0.3 is 5.32 Å². The van der Waals surface area contributed by atoms with Crippen LogP contribution in [0.3, 0.4) is 0 Å². The molecular weight excluding hydrogens is 250 g/mol. The third kappa shape index (κ3) is 3.74. The molecule has 1 aliphatic rings. The SMILES string of the molecule is Clc1ccc(NCC2CSCCS2)nn1. The van der Waals surface area contributed by atoms with Crippen LogP contribution in [0, 0.1) is 0 Å². The molecule has 1 N–H and O–H groups in total. The van der Waals surface area contributed by atoms with Crippen molar-refractivity contribution in [3.05, 3.63) is 17.3 Å². The highest BCUT2D eigenvalue weighted by atomic mass is 35.5. The van der Waals surface area contributed by atoms with E-state index in [0.29, 0.717) is 10.4 Å². The van der Waals surface area contributed by atoms with Crippen molar-refractivity contribution in [1.82, 2.24) is 10.2 Å². The van der Waals surface area contributed by atoms with E-state index in [0.717, 1.165) is 12.4 Å². The summed E-state index contributed by atoms with van der Waals surface area (Å²) in [4.78, 5) is 0. The lowest BCUT2D eigenvalue weighted by atomic mass is 10.4. The molecule has 0 aromatic carbocycles. The zero-order valence-electron chi connectivity index (χ0n) is 8.15. The van der Waals surface area contributed by atoms with Gasteiger partial charge in [-0.15, -0.1) is 10.2 Å². The maximum Gasteiger partial charge on any atom is 0.151 e. The maximum absolute atomic E-state index is 5.65. The summed E-state index contributed by atoms with van der Waals surface area (Å²) in [6.07, 6.45) is 0. The number of nitrogens with zero attached hydrogens (tertiary/aromatic N) is 2. The monoisotopic (exact) mass is 261 g/mol. The van der Waals surface area contributed by atoms with Crippen LogP contribution in [0.2, 0.25) is 5.15 Å². The summed E-state index contributed by atoms with van der Waals surface area (Å²) >= 11 is 9.70. The summed E-state index contributed by atoms with van der Waals surface area (Å²) in [5.74, 6) is 4.56. The molecule has 82 valence electrons. The van der Waals surface area contributed by atoms with Crippen molar-refractivity contribution in [2.75, 3.05) is 29.1 Å². The first-order valence-corrected chi connectivity index (χ1v) is 7.35. The van der Waals surface area contributed by atoms with Gasteiger partial charge in [0.2, 0.25) is 0 Å². The topological polar surface area (TPSA) is 37.8 Å². The second kappa shape index (κ2) is 5.82. The lowest BCUT2D eigenvalue weighted by Crippen LogP contribution is -2.23. The summed E-state index contributed by atoms with van der Waals surface area (Å²) in [6.45, 7) is 0.952. The quantitative estimate of drug-likeness (QED) is 0.905. The number of thioether (sulfide) groups is 2. The number of aromatic nitrogens is 2. The van der Waals surface area contributed by atoms with Gasteiger partial charge in [-0.25, -0.2) is 0 Å². The molecule has 0 aliphatic carbocycles. The van der Waals surface area contributed by atoms with Gasteiger partial charge in [0.25, 0.3) is 0 Å². The smallest absolute Gasteiger partial charge is 0.151 e. The first-order chi connectivity index (χ1) is 7.34. The van der Waals surface area contributed by atoms with E-state index in [2.05, 4.69) is 15.5 Å². The largest absolute Gasteiger partial charge is 0.367 e. The van der Waals surface area contributed by atoms with Gasteiger partial charge >= 0.3 is 0 Å². The number of hydrogen-bond acceptors (Lipinski definition) is 5. The van der Waals surface area contributed by atoms with E-state index in [1.807, 2.05) is 29.6 Å². The van der Waals surface area contributed by atoms with E-state index >= 15 is 0 Å². The van der Waals surface area contributed by atoms with Crippen LogP contribution < -0.4 is 5.32 Å². The zero-order chi connectivity index (χ0) is 10.5. The fourth-order valence-corrected chi connectivity index (χ4v) is 4.00. The van der Waals surface area contributed by atoms with E-state index in [4.69, 9.17) is 11.6 Å². The lowest BCUT2D eigenvalue weighted by Gasteiger charge is -2.21.